The Kier molecular flexibility index (Phi) is 8.56. The van der Waals surface area contributed by atoms with Crippen LogP contribution in [0, 0.1) is 13.8 Å². The van der Waals surface area contributed by atoms with Crippen molar-refractivity contribution in [2.45, 2.75) is 27.7 Å². The SMILES string of the molecule is CC[N+](CC)=C(NC(=O)Nc1c(C)cccc1C)N(C)C.Cl. The minimum Gasteiger partial charge on any atom is -0.294 e. The molecular formula is C16H28ClN4O+. The maximum atomic E-state index is 12.3. The summed E-state index contributed by atoms with van der Waals surface area (Å²) in [5, 5.41) is 5.88. The van der Waals surface area contributed by atoms with Crippen molar-refractivity contribution >= 4 is 30.1 Å². The predicted octanol–water partition coefficient (Wildman–Crippen LogP) is 2.82. The minimum atomic E-state index is -0.219. The third-order valence-electron chi connectivity index (χ3n) is 3.43. The summed E-state index contributed by atoms with van der Waals surface area (Å²) in [6.45, 7) is 9.80. The molecule has 0 fully saturated rings. The Morgan fingerprint density at radius 3 is 2.05 bits per heavy atom. The largest absolute Gasteiger partial charge is 0.384 e. The fourth-order valence-corrected chi connectivity index (χ4v) is 2.25. The third-order valence-corrected chi connectivity index (χ3v) is 3.43. The molecule has 0 heterocycles. The van der Waals surface area contributed by atoms with Gasteiger partial charge in [0.25, 0.3) is 0 Å². The second-order valence-electron chi connectivity index (χ2n) is 5.24. The van der Waals surface area contributed by atoms with Crippen LogP contribution in [0.25, 0.3) is 0 Å². The van der Waals surface area contributed by atoms with Crippen molar-refractivity contribution in [1.82, 2.24) is 10.2 Å². The number of carbonyl (C=O) groups excluding carboxylic acids is 1. The number of nitrogens with one attached hydrogen (secondary N) is 2. The van der Waals surface area contributed by atoms with E-state index in [4.69, 9.17) is 0 Å². The van der Waals surface area contributed by atoms with Gasteiger partial charge in [-0.1, -0.05) is 18.2 Å². The molecule has 0 saturated heterocycles. The molecule has 1 aromatic rings. The number of hydrogen-bond acceptors (Lipinski definition) is 1. The molecule has 124 valence electrons. The average molecular weight is 328 g/mol. The Hall–Kier alpha value is -1.75. The molecule has 0 spiro atoms. The number of para-hydroxylation sites is 1. The van der Waals surface area contributed by atoms with Crippen molar-refractivity contribution in [2.75, 3.05) is 32.5 Å². The highest BCUT2D eigenvalue weighted by molar-refractivity contribution is 6.01. The van der Waals surface area contributed by atoms with Crippen LogP contribution in [-0.2, 0) is 0 Å². The lowest BCUT2D eigenvalue weighted by atomic mass is 10.1. The van der Waals surface area contributed by atoms with Crippen molar-refractivity contribution in [3.8, 4) is 0 Å². The van der Waals surface area contributed by atoms with Gasteiger partial charge >= 0.3 is 12.0 Å². The summed E-state index contributed by atoms with van der Waals surface area (Å²) in [6, 6.07) is 5.75. The molecule has 22 heavy (non-hydrogen) atoms. The Morgan fingerprint density at radius 1 is 1.14 bits per heavy atom. The number of guanidine groups is 1. The van der Waals surface area contributed by atoms with Crippen molar-refractivity contribution in [3.63, 3.8) is 0 Å². The monoisotopic (exact) mass is 327 g/mol. The average Bonchev–Trinajstić information content (AvgIpc) is 2.43. The highest BCUT2D eigenvalue weighted by Crippen LogP contribution is 2.18. The fraction of sp³-hybridized carbons (Fsp3) is 0.500. The molecule has 0 saturated carbocycles. The highest BCUT2D eigenvalue weighted by atomic mass is 35.5. The second-order valence-corrected chi connectivity index (χ2v) is 5.24. The molecule has 0 aromatic heterocycles. The molecular weight excluding hydrogens is 300 g/mol. The first-order valence-corrected chi connectivity index (χ1v) is 7.34. The summed E-state index contributed by atoms with van der Waals surface area (Å²) in [6.07, 6.45) is 0. The van der Waals surface area contributed by atoms with Gasteiger partial charge in [-0.05, 0) is 38.8 Å². The Balaban J connectivity index is 0.00000441. The first-order chi connectivity index (χ1) is 9.90. The van der Waals surface area contributed by atoms with Gasteiger partial charge in [0, 0.05) is 5.69 Å². The van der Waals surface area contributed by atoms with Crippen LogP contribution in [0.4, 0.5) is 10.5 Å². The number of anilines is 1. The molecule has 0 bridgehead atoms. The Bertz CT molecular complexity index is 515. The number of urea groups is 1. The Labute approximate surface area is 139 Å². The summed E-state index contributed by atoms with van der Waals surface area (Å²) in [5.41, 5.74) is 2.98. The maximum absolute atomic E-state index is 12.3. The van der Waals surface area contributed by atoms with E-state index in [1.165, 1.54) is 0 Å². The quantitative estimate of drug-likeness (QED) is 0.509. The molecule has 0 unspecified atom stereocenters. The zero-order valence-corrected chi connectivity index (χ0v) is 15.2. The lowest BCUT2D eigenvalue weighted by molar-refractivity contribution is -0.526. The minimum absolute atomic E-state index is 0. The van der Waals surface area contributed by atoms with Crippen LogP contribution in [0.2, 0.25) is 0 Å². The Morgan fingerprint density at radius 2 is 1.64 bits per heavy atom. The van der Waals surface area contributed by atoms with E-state index in [2.05, 4.69) is 29.1 Å². The molecule has 0 aliphatic carbocycles. The van der Waals surface area contributed by atoms with Crippen LogP contribution in [-0.4, -0.2) is 48.7 Å². The number of halogens is 1. The first kappa shape index (κ1) is 20.2. The van der Waals surface area contributed by atoms with Crippen LogP contribution in [0.5, 0.6) is 0 Å². The van der Waals surface area contributed by atoms with Crippen LogP contribution in [0.1, 0.15) is 25.0 Å². The number of nitrogens with zero attached hydrogens (tertiary/aromatic N) is 2. The number of hydrogen-bond donors (Lipinski definition) is 2. The first-order valence-electron chi connectivity index (χ1n) is 7.34. The standard InChI is InChI=1S/C16H26N4O.ClH/c1-7-20(8-2)16(19(5)6)18-15(21)17-14-12(3)10-9-11-13(14)4;/h9-11H,7-8H2,1-6H3,(H,17,21);1H/p+1. The van der Waals surface area contributed by atoms with Crippen molar-refractivity contribution in [3.05, 3.63) is 29.3 Å². The molecule has 0 atom stereocenters. The fourth-order valence-electron chi connectivity index (χ4n) is 2.25. The highest BCUT2D eigenvalue weighted by Gasteiger charge is 2.19. The van der Waals surface area contributed by atoms with Gasteiger partial charge in [0.05, 0.1) is 27.2 Å². The van der Waals surface area contributed by atoms with E-state index in [-0.39, 0.29) is 18.4 Å². The lowest BCUT2D eigenvalue weighted by Crippen LogP contribution is -2.48. The van der Waals surface area contributed by atoms with Crippen molar-refractivity contribution in [2.24, 2.45) is 0 Å². The lowest BCUT2D eigenvalue weighted by Gasteiger charge is -2.16. The molecule has 0 aliphatic rings. The predicted molar refractivity (Wildman–Crippen MR) is 95.4 cm³/mol. The number of rotatable bonds is 3. The van der Waals surface area contributed by atoms with E-state index in [1.54, 1.807) is 0 Å². The second kappa shape index (κ2) is 9.30. The van der Waals surface area contributed by atoms with Gasteiger partial charge in [-0.15, -0.1) is 12.4 Å². The number of amides is 2. The van der Waals surface area contributed by atoms with Gasteiger partial charge in [-0.3, -0.25) is 14.8 Å². The molecule has 6 heteroatoms. The molecule has 0 aliphatic heterocycles. The van der Waals surface area contributed by atoms with Crippen LogP contribution in [0.15, 0.2) is 18.2 Å². The van der Waals surface area contributed by atoms with Gasteiger partial charge in [0.15, 0.2) is 0 Å². The smallest absolute Gasteiger partial charge is 0.294 e. The van der Waals surface area contributed by atoms with E-state index >= 15 is 0 Å². The summed E-state index contributed by atoms with van der Waals surface area (Å²) in [7, 11) is 3.85. The van der Waals surface area contributed by atoms with E-state index in [1.807, 2.05) is 51.0 Å². The number of carbonyl (C=O) groups is 1. The van der Waals surface area contributed by atoms with E-state index in [0.717, 1.165) is 35.9 Å². The summed E-state index contributed by atoms with van der Waals surface area (Å²) < 4.78 is 2.10. The van der Waals surface area contributed by atoms with Gasteiger partial charge in [-0.2, -0.15) is 5.32 Å². The number of benzene rings is 1. The van der Waals surface area contributed by atoms with E-state index in [0.29, 0.717) is 0 Å². The molecule has 1 rings (SSSR count). The van der Waals surface area contributed by atoms with Crippen molar-refractivity contribution in [1.29, 1.82) is 0 Å². The van der Waals surface area contributed by atoms with Gasteiger partial charge in [0.1, 0.15) is 0 Å². The summed E-state index contributed by atoms with van der Waals surface area (Å²) >= 11 is 0. The van der Waals surface area contributed by atoms with E-state index in [9.17, 15) is 4.79 Å². The molecule has 0 radical (unpaired) electrons. The van der Waals surface area contributed by atoms with Crippen LogP contribution >= 0.6 is 12.4 Å². The third kappa shape index (κ3) is 5.22. The summed E-state index contributed by atoms with van der Waals surface area (Å²) in [4.78, 5) is 14.2. The zero-order chi connectivity index (χ0) is 16.0. The van der Waals surface area contributed by atoms with E-state index < -0.39 is 0 Å². The molecule has 5 nitrogen and oxygen atoms in total. The zero-order valence-electron chi connectivity index (χ0n) is 14.4. The molecule has 2 N–H and O–H groups in total. The van der Waals surface area contributed by atoms with Gasteiger partial charge in [0.2, 0.25) is 0 Å². The normalized spacial score (nSPS) is 9.55. The maximum Gasteiger partial charge on any atom is 0.384 e. The van der Waals surface area contributed by atoms with Gasteiger partial charge < -0.3 is 0 Å². The number of aryl methyl sites for hydroxylation is 2. The molecule has 2 amide bonds. The van der Waals surface area contributed by atoms with Gasteiger partial charge in [-0.25, -0.2) is 4.79 Å². The summed E-state index contributed by atoms with van der Waals surface area (Å²) in [5.74, 6) is 0.795. The van der Waals surface area contributed by atoms with Crippen LogP contribution < -0.4 is 10.6 Å². The van der Waals surface area contributed by atoms with Crippen LogP contribution in [0.3, 0.4) is 0 Å². The molecule has 1 aromatic carbocycles. The van der Waals surface area contributed by atoms with Crippen molar-refractivity contribution < 1.29 is 9.37 Å². The topological polar surface area (TPSA) is 47.4 Å².